The van der Waals surface area contributed by atoms with Gasteiger partial charge in [0.15, 0.2) is 0 Å². The van der Waals surface area contributed by atoms with E-state index in [1.807, 2.05) is 20.8 Å². The number of hydrogen-bond donors (Lipinski definition) is 1. The lowest BCUT2D eigenvalue weighted by Crippen LogP contribution is -2.08. The third-order valence-electron chi connectivity index (χ3n) is 2.88. The molecule has 20 heavy (non-hydrogen) atoms. The van der Waals surface area contributed by atoms with Crippen molar-refractivity contribution in [3.05, 3.63) is 49.7 Å². The summed E-state index contributed by atoms with van der Waals surface area (Å²) in [4.78, 5) is 15.5. The Labute approximate surface area is 119 Å². The SMILES string of the molecule is Cc1nc(C(C)Nc2ccc(F)c([N+](=O)[O-])c2)c(C)s1. The molecule has 0 aliphatic heterocycles. The Morgan fingerprint density at radius 1 is 1.45 bits per heavy atom. The Morgan fingerprint density at radius 3 is 2.70 bits per heavy atom. The van der Waals surface area contributed by atoms with Crippen LogP contribution in [0.2, 0.25) is 0 Å². The summed E-state index contributed by atoms with van der Waals surface area (Å²) in [6.45, 7) is 5.82. The number of thiazole rings is 1. The maximum absolute atomic E-state index is 13.3. The topological polar surface area (TPSA) is 68.1 Å². The van der Waals surface area contributed by atoms with Gasteiger partial charge in [0.2, 0.25) is 5.82 Å². The van der Waals surface area contributed by atoms with Crippen molar-refractivity contribution >= 4 is 22.7 Å². The molecule has 0 amide bonds. The van der Waals surface area contributed by atoms with Gasteiger partial charge in [-0.1, -0.05) is 0 Å². The fourth-order valence-electron chi connectivity index (χ4n) is 2.01. The van der Waals surface area contributed by atoms with E-state index in [0.29, 0.717) is 5.69 Å². The third kappa shape index (κ3) is 2.93. The molecule has 0 bridgehead atoms. The van der Waals surface area contributed by atoms with Crippen LogP contribution < -0.4 is 5.32 Å². The van der Waals surface area contributed by atoms with Crippen LogP contribution in [0.15, 0.2) is 18.2 Å². The molecular weight excluding hydrogens is 281 g/mol. The number of benzene rings is 1. The van der Waals surface area contributed by atoms with E-state index in [1.165, 1.54) is 12.1 Å². The number of anilines is 1. The number of nitrogens with zero attached hydrogens (tertiary/aromatic N) is 2. The number of rotatable bonds is 4. The summed E-state index contributed by atoms with van der Waals surface area (Å²) in [5.74, 6) is -0.839. The summed E-state index contributed by atoms with van der Waals surface area (Å²) in [6.07, 6.45) is 0. The summed E-state index contributed by atoms with van der Waals surface area (Å²) in [7, 11) is 0. The van der Waals surface area contributed by atoms with Gasteiger partial charge in [0, 0.05) is 16.6 Å². The molecule has 0 spiro atoms. The van der Waals surface area contributed by atoms with Crippen LogP contribution in [-0.2, 0) is 0 Å². The first-order chi connectivity index (χ1) is 9.38. The molecule has 2 rings (SSSR count). The van der Waals surface area contributed by atoms with Crippen LogP contribution in [0.5, 0.6) is 0 Å². The smallest absolute Gasteiger partial charge is 0.306 e. The average Bonchev–Trinajstić information content (AvgIpc) is 2.70. The highest BCUT2D eigenvalue weighted by molar-refractivity contribution is 7.11. The van der Waals surface area contributed by atoms with E-state index in [4.69, 9.17) is 0 Å². The highest BCUT2D eigenvalue weighted by atomic mass is 32.1. The molecule has 0 aliphatic rings. The first-order valence-corrected chi connectivity index (χ1v) is 6.84. The largest absolute Gasteiger partial charge is 0.377 e. The molecule has 5 nitrogen and oxygen atoms in total. The van der Waals surface area contributed by atoms with E-state index in [2.05, 4.69) is 10.3 Å². The lowest BCUT2D eigenvalue weighted by atomic mass is 10.2. The molecule has 1 aromatic carbocycles. The maximum atomic E-state index is 13.3. The van der Waals surface area contributed by atoms with Gasteiger partial charge in [0.1, 0.15) is 0 Å². The Hall–Kier alpha value is -2.02. The molecule has 0 saturated carbocycles. The van der Waals surface area contributed by atoms with Gasteiger partial charge < -0.3 is 5.32 Å². The number of hydrogen-bond acceptors (Lipinski definition) is 5. The van der Waals surface area contributed by atoms with Crippen LogP contribution in [-0.4, -0.2) is 9.91 Å². The molecule has 7 heteroatoms. The van der Waals surface area contributed by atoms with E-state index in [-0.39, 0.29) is 6.04 Å². The quantitative estimate of drug-likeness (QED) is 0.684. The molecule has 1 N–H and O–H groups in total. The van der Waals surface area contributed by atoms with E-state index >= 15 is 0 Å². The molecule has 2 aromatic rings. The molecular formula is C13H14FN3O2S. The van der Waals surface area contributed by atoms with Crippen molar-refractivity contribution in [2.45, 2.75) is 26.8 Å². The van der Waals surface area contributed by atoms with E-state index in [9.17, 15) is 14.5 Å². The Balaban J connectivity index is 2.24. The Kier molecular flexibility index (Phi) is 3.99. The van der Waals surface area contributed by atoms with Crippen molar-refractivity contribution in [3.63, 3.8) is 0 Å². The van der Waals surface area contributed by atoms with E-state index in [0.717, 1.165) is 21.6 Å². The molecule has 1 aromatic heterocycles. The summed E-state index contributed by atoms with van der Waals surface area (Å²) < 4.78 is 13.3. The maximum Gasteiger partial charge on any atom is 0.306 e. The molecule has 0 aliphatic carbocycles. The predicted molar refractivity (Wildman–Crippen MR) is 76.7 cm³/mol. The third-order valence-corrected chi connectivity index (χ3v) is 3.78. The fraction of sp³-hybridized carbons (Fsp3) is 0.308. The van der Waals surface area contributed by atoms with Crippen molar-refractivity contribution in [3.8, 4) is 0 Å². The zero-order valence-electron chi connectivity index (χ0n) is 11.3. The van der Waals surface area contributed by atoms with Crippen LogP contribution in [0.25, 0.3) is 0 Å². The zero-order chi connectivity index (χ0) is 14.9. The number of halogens is 1. The standard InChI is InChI=1S/C13H14FN3O2S/c1-7(13-8(2)20-9(3)16-13)15-10-4-5-11(14)12(6-10)17(18)19/h4-7,15H,1-3H3. The number of nitrogens with one attached hydrogen (secondary N) is 1. The molecule has 0 saturated heterocycles. The number of aryl methyl sites for hydroxylation is 2. The molecule has 106 valence electrons. The van der Waals surface area contributed by atoms with Crippen LogP contribution >= 0.6 is 11.3 Å². The average molecular weight is 295 g/mol. The van der Waals surface area contributed by atoms with Crippen LogP contribution in [0.4, 0.5) is 15.8 Å². The monoisotopic (exact) mass is 295 g/mol. The van der Waals surface area contributed by atoms with Gasteiger partial charge in [0.05, 0.1) is 21.7 Å². The van der Waals surface area contributed by atoms with Gasteiger partial charge in [-0.3, -0.25) is 10.1 Å². The number of aromatic nitrogens is 1. The molecule has 1 atom stereocenters. The van der Waals surface area contributed by atoms with Crippen molar-refractivity contribution in [2.24, 2.45) is 0 Å². The highest BCUT2D eigenvalue weighted by Gasteiger charge is 2.17. The van der Waals surface area contributed by atoms with Gasteiger partial charge in [0.25, 0.3) is 0 Å². The molecule has 0 radical (unpaired) electrons. The van der Waals surface area contributed by atoms with Gasteiger partial charge in [-0.25, -0.2) is 4.98 Å². The predicted octanol–water partition coefficient (Wildman–Crippen LogP) is 3.98. The van der Waals surface area contributed by atoms with Crippen molar-refractivity contribution < 1.29 is 9.31 Å². The molecule has 1 heterocycles. The summed E-state index contributed by atoms with van der Waals surface area (Å²) in [5, 5.41) is 14.8. The first kappa shape index (κ1) is 14.4. The number of nitro benzene ring substituents is 1. The van der Waals surface area contributed by atoms with E-state index in [1.54, 1.807) is 11.3 Å². The number of nitro groups is 1. The minimum absolute atomic E-state index is 0.106. The highest BCUT2D eigenvalue weighted by Crippen LogP contribution is 2.28. The Morgan fingerprint density at radius 2 is 2.15 bits per heavy atom. The summed E-state index contributed by atoms with van der Waals surface area (Å²) in [6, 6.07) is 3.66. The van der Waals surface area contributed by atoms with Crippen LogP contribution in [0.1, 0.15) is 28.5 Å². The second-order valence-electron chi connectivity index (χ2n) is 4.46. The molecule has 0 fully saturated rings. The van der Waals surface area contributed by atoms with Gasteiger partial charge in [-0.2, -0.15) is 4.39 Å². The summed E-state index contributed by atoms with van der Waals surface area (Å²) >= 11 is 1.60. The van der Waals surface area contributed by atoms with Gasteiger partial charge in [-0.15, -0.1) is 11.3 Å². The first-order valence-electron chi connectivity index (χ1n) is 6.03. The minimum atomic E-state index is -0.839. The second-order valence-corrected chi connectivity index (χ2v) is 5.87. The lowest BCUT2D eigenvalue weighted by molar-refractivity contribution is -0.387. The fourth-order valence-corrected chi connectivity index (χ4v) is 2.92. The van der Waals surface area contributed by atoms with Gasteiger partial charge >= 0.3 is 5.69 Å². The van der Waals surface area contributed by atoms with Gasteiger partial charge in [-0.05, 0) is 32.9 Å². The van der Waals surface area contributed by atoms with Crippen LogP contribution in [0.3, 0.4) is 0 Å². The summed E-state index contributed by atoms with van der Waals surface area (Å²) in [5.41, 5.74) is 0.864. The van der Waals surface area contributed by atoms with Crippen molar-refractivity contribution in [2.75, 3.05) is 5.32 Å². The molecule has 1 unspecified atom stereocenters. The normalized spacial score (nSPS) is 12.2. The lowest BCUT2D eigenvalue weighted by Gasteiger charge is -2.14. The minimum Gasteiger partial charge on any atom is -0.377 e. The van der Waals surface area contributed by atoms with Crippen molar-refractivity contribution in [1.29, 1.82) is 0 Å². The van der Waals surface area contributed by atoms with Crippen molar-refractivity contribution in [1.82, 2.24) is 4.98 Å². The second kappa shape index (κ2) is 5.54. The van der Waals surface area contributed by atoms with E-state index < -0.39 is 16.4 Å². The van der Waals surface area contributed by atoms with Crippen LogP contribution in [0, 0.1) is 29.8 Å². The zero-order valence-corrected chi connectivity index (χ0v) is 12.1. The Bertz CT molecular complexity index is 657.